The van der Waals surface area contributed by atoms with Gasteiger partial charge < -0.3 is 15.4 Å². The number of pyridine rings is 1. The van der Waals surface area contributed by atoms with E-state index < -0.39 is 0 Å². The second-order valence-corrected chi connectivity index (χ2v) is 4.17. The molecule has 1 aliphatic rings. The molecule has 1 aromatic heterocycles. The van der Waals surface area contributed by atoms with E-state index in [-0.39, 0.29) is 6.03 Å². The van der Waals surface area contributed by atoms with Gasteiger partial charge in [-0.3, -0.25) is 0 Å². The van der Waals surface area contributed by atoms with Gasteiger partial charge >= 0.3 is 6.03 Å². The van der Waals surface area contributed by atoms with Crippen molar-refractivity contribution in [3.63, 3.8) is 0 Å². The number of methoxy groups -OCH3 is 1. The molecule has 1 heterocycles. The van der Waals surface area contributed by atoms with Gasteiger partial charge in [0.2, 0.25) is 5.88 Å². The highest BCUT2D eigenvalue weighted by Gasteiger charge is 2.16. The van der Waals surface area contributed by atoms with Crippen LogP contribution < -0.4 is 15.4 Å². The van der Waals surface area contributed by atoms with Gasteiger partial charge in [0.05, 0.1) is 19.0 Å². The Labute approximate surface area is 101 Å². The minimum absolute atomic E-state index is 0.163. The molecular weight excluding hydrogens is 218 g/mol. The summed E-state index contributed by atoms with van der Waals surface area (Å²) in [5.41, 5.74) is 0.668. The van der Waals surface area contributed by atoms with E-state index in [2.05, 4.69) is 15.6 Å². The summed E-state index contributed by atoms with van der Waals surface area (Å²) in [6.45, 7) is 0. The zero-order chi connectivity index (χ0) is 12.1. The van der Waals surface area contributed by atoms with Crippen molar-refractivity contribution in [2.24, 2.45) is 0 Å². The minimum atomic E-state index is -0.163. The first-order chi connectivity index (χ1) is 8.28. The maximum Gasteiger partial charge on any atom is 0.319 e. The number of hydrogen-bond acceptors (Lipinski definition) is 3. The summed E-state index contributed by atoms with van der Waals surface area (Å²) in [6, 6.07) is 3.63. The third-order valence-electron chi connectivity index (χ3n) is 2.89. The second kappa shape index (κ2) is 5.52. The van der Waals surface area contributed by atoms with Crippen molar-refractivity contribution < 1.29 is 9.53 Å². The molecule has 1 aliphatic carbocycles. The summed E-state index contributed by atoms with van der Waals surface area (Å²) >= 11 is 0. The number of urea groups is 1. The number of amides is 2. The van der Waals surface area contributed by atoms with Gasteiger partial charge in [-0.2, -0.15) is 0 Å². The molecule has 0 saturated heterocycles. The van der Waals surface area contributed by atoms with Gasteiger partial charge in [-0.25, -0.2) is 9.78 Å². The lowest BCUT2D eigenvalue weighted by Crippen LogP contribution is -2.36. The fourth-order valence-corrected chi connectivity index (χ4v) is 2.00. The number of ether oxygens (including phenoxy) is 1. The van der Waals surface area contributed by atoms with Crippen molar-refractivity contribution >= 4 is 11.7 Å². The molecular formula is C12H17N3O2. The molecule has 17 heavy (non-hydrogen) atoms. The van der Waals surface area contributed by atoms with Gasteiger partial charge in [-0.15, -0.1) is 0 Å². The molecule has 0 spiro atoms. The van der Waals surface area contributed by atoms with Crippen LogP contribution in [0.1, 0.15) is 25.7 Å². The highest BCUT2D eigenvalue weighted by atomic mass is 16.5. The Morgan fingerprint density at radius 2 is 2.18 bits per heavy atom. The number of nitrogens with one attached hydrogen (secondary N) is 2. The molecule has 0 aliphatic heterocycles. The van der Waals surface area contributed by atoms with Crippen LogP contribution in [0.4, 0.5) is 10.5 Å². The zero-order valence-electron chi connectivity index (χ0n) is 9.90. The molecule has 0 radical (unpaired) electrons. The van der Waals surface area contributed by atoms with E-state index in [1.165, 1.54) is 12.8 Å². The normalized spacial score (nSPS) is 15.6. The first kappa shape index (κ1) is 11.7. The zero-order valence-corrected chi connectivity index (χ0v) is 9.90. The predicted molar refractivity (Wildman–Crippen MR) is 65.2 cm³/mol. The monoisotopic (exact) mass is 235 g/mol. The van der Waals surface area contributed by atoms with Gasteiger partial charge in [-0.1, -0.05) is 12.8 Å². The number of hydrogen-bond donors (Lipinski definition) is 2. The molecule has 0 unspecified atom stereocenters. The van der Waals surface area contributed by atoms with E-state index in [9.17, 15) is 4.79 Å². The number of carbonyl (C=O) groups is 1. The Morgan fingerprint density at radius 1 is 1.41 bits per heavy atom. The highest BCUT2D eigenvalue weighted by Crippen LogP contribution is 2.18. The molecule has 1 saturated carbocycles. The fraction of sp³-hybridized carbons (Fsp3) is 0.500. The fourth-order valence-electron chi connectivity index (χ4n) is 2.00. The minimum Gasteiger partial charge on any atom is -0.481 e. The van der Waals surface area contributed by atoms with Crippen LogP contribution in [0.3, 0.4) is 0 Å². The molecule has 0 aromatic carbocycles. The Hall–Kier alpha value is -1.78. The van der Waals surface area contributed by atoms with Crippen molar-refractivity contribution in [2.45, 2.75) is 31.7 Å². The summed E-state index contributed by atoms with van der Waals surface area (Å²) in [5.74, 6) is 0.534. The molecule has 0 atom stereocenters. The summed E-state index contributed by atoms with van der Waals surface area (Å²) in [4.78, 5) is 15.7. The highest BCUT2D eigenvalue weighted by molar-refractivity contribution is 5.89. The number of carbonyl (C=O) groups excluding carboxylic acids is 1. The Bertz CT molecular complexity index is 372. The van der Waals surface area contributed by atoms with Gasteiger partial charge in [0.25, 0.3) is 0 Å². The maximum absolute atomic E-state index is 11.6. The average molecular weight is 235 g/mol. The molecule has 2 amide bonds. The molecule has 5 heteroatoms. The number of anilines is 1. The van der Waals surface area contributed by atoms with E-state index in [1.54, 1.807) is 25.4 Å². The van der Waals surface area contributed by atoms with Crippen molar-refractivity contribution in [1.82, 2.24) is 10.3 Å². The number of nitrogens with zero attached hydrogens (tertiary/aromatic N) is 1. The van der Waals surface area contributed by atoms with Crippen molar-refractivity contribution in [3.8, 4) is 5.88 Å². The Kier molecular flexibility index (Phi) is 3.80. The van der Waals surface area contributed by atoms with E-state index in [1.807, 2.05) is 0 Å². The quantitative estimate of drug-likeness (QED) is 0.843. The van der Waals surface area contributed by atoms with E-state index in [4.69, 9.17) is 4.74 Å². The average Bonchev–Trinajstić information content (AvgIpc) is 2.82. The van der Waals surface area contributed by atoms with Crippen LogP contribution in [-0.2, 0) is 0 Å². The van der Waals surface area contributed by atoms with Gasteiger partial charge in [0.15, 0.2) is 0 Å². The third-order valence-corrected chi connectivity index (χ3v) is 2.89. The van der Waals surface area contributed by atoms with E-state index in [0.717, 1.165) is 12.8 Å². The number of aromatic nitrogens is 1. The number of rotatable bonds is 3. The maximum atomic E-state index is 11.6. The van der Waals surface area contributed by atoms with E-state index in [0.29, 0.717) is 17.6 Å². The second-order valence-electron chi connectivity index (χ2n) is 4.17. The molecule has 2 rings (SSSR count). The first-order valence-electron chi connectivity index (χ1n) is 5.85. The topological polar surface area (TPSA) is 63.2 Å². The van der Waals surface area contributed by atoms with Crippen LogP contribution in [0.2, 0.25) is 0 Å². The smallest absolute Gasteiger partial charge is 0.319 e. The van der Waals surface area contributed by atoms with Crippen LogP contribution in [0.25, 0.3) is 0 Å². The molecule has 5 nitrogen and oxygen atoms in total. The summed E-state index contributed by atoms with van der Waals surface area (Å²) in [6.07, 6.45) is 6.14. The molecule has 0 bridgehead atoms. The lowest BCUT2D eigenvalue weighted by Gasteiger charge is -2.12. The molecule has 1 aromatic rings. The molecule has 92 valence electrons. The predicted octanol–water partition coefficient (Wildman–Crippen LogP) is 2.15. The van der Waals surface area contributed by atoms with Gasteiger partial charge in [-0.05, 0) is 18.9 Å². The van der Waals surface area contributed by atoms with Gasteiger partial charge in [0.1, 0.15) is 0 Å². The first-order valence-corrected chi connectivity index (χ1v) is 5.85. The van der Waals surface area contributed by atoms with Crippen LogP contribution in [-0.4, -0.2) is 24.2 Å². The largest absolute Gasteiger partial charge is 0.481 e. The van der Waals surface area contributed by atoms with Crippen LogP contribution in [0.15, 0.2) is 18.3 Å². The van der Waals surface area contributed by atoms with E-state index >= 15 is 0 Å². The van der Waals surface area contributed by atoms with Gasteiger partial charge in [0, 0.05) is 12.1 Å². The van der Waals surface area contributed by atoms with Crippen molar-refractivity contribution in [2.75, 3.05) is 12.4 Å². The lowest BCUT2D eigenvalue weighted by molar-refractivity contribution is 0.248. The van der Waals surface area contributed by atoms with Crippen LogP contribution in [0, 0.1) is 0 Å². The molecule has 2 N–H and O–H groups in total. The van der Waals surface area contributed by atoms with Crippen molar-refractivity contribution in [1.29, 1.82) is 0 Å². The molecule has 1 fully saturated rings. The third kappa shape index (κ3) is 3.34. The summed E-state index contributed by atoms with van der Waals surface area (Å²) < 4.78 is 4.94. The van der Waals surface area contributed by atoms with Crippen LogP contribution in [0.5, 0.6) is 5.88 Å². The summed E-state index contributed by atoms with van der Waals surface area (Å²) in [7, 11) is 1.56. The standard InChI is InChI=1S/C12H17N3O2/c1-17-11-7-6-10(8-13-11)15-12(16)14-9-4-2-3-5-9/h6-9H,2-5H2,1H3,(H2,14,15,16). The van der Waals surface area contributed by atoms with Crippen molar-refractivity contribution in [3.05, 3.63) is 18.3 Å². The van der Waals surface area contributed by atoms with Crippen LogP contribution >= 0.6 is 0 Å². The SMILES string of the molecule is COc1ccc(NC(=O)NC2CCCC2)cn1. The summed E-state index contributed by atoms with van der Waals surface area (Å²) in [5, 5.41) is 5.70. The lowest BCUT2D eigenvalue weighted by atomic mass is 10.2. The Balaban J connectivity index is 1.84. The Morgan fingerprint density at radius 3 is 2.76 bits per heavy atom.